The fourth-order valence-electron chi connectivity index (χ4n) is 2.87. The Labute approximate surface area is 138 Å². The van der Waals surface area contributed by atoms with E-state index in [1.165, 1.54) is 0 Å². The fraction of sp³-hybridized carbons (Fsp3) is 0.111. The van der Waals surface area contributed by atoms with E-state index in [1.807, 2.05) is 30.3 Å². The summed E-state index contributed by atoms with van der Waals surface area (Å²) in [5.74, 6) is 1.02. The number of fused-ring (bicyclic) bond motifs is 2. The minimum Gasteiger partial charge on any atom is -0.493 e. The number of carbonyl (C=O) groups excluding carboxylic acids is 1. The summed E-state index contributed by atoms with van der Waals surface area (Å²) in [6, 6.07) is 9.46. The molecule has 6 nitrogen and oxygen atoms in total. The van der Waals surface area contributed by atoms with Crippen molar-refractivity contribution < 1.29 is 14.3 Å². The predicted molar refractivity (Wildman–Crippen MR) is 92.1 cm³/mol. The molecule has 0 unspecified atom stereocenters. The number of amides is 1. The van der Waals surface area contributed by atoms with E-state index in [9.17, 15) is 4.79 Å². The number of H-pyrrole nitrogens is 1. The largest absolute Gasteiger partial charge is 0.493 e. The van der Waals surface area contributed by atoms with Gasteiger partial charge in [0.05, 0.1) is 31.6 Å². The second-order valence-corrected chi connectivity index (χ2v) is 5.48. The molecule has 1 aliphatic rings. The summed E-state index contributed by atoms with van der Waals surface area (Å²) >= 11 is 0. The van der Waals surface area contributed by atoms with Gasteiger partial charge in [-0.1, -0.05) is 12.1 Å². The van der Waals surface area contributed by atoms with E-state index < -0.39 is 0 Å². The first-order valence-corrected chi connectivity index (χ1v) is 7.42. The van der Waals surface area contributed by atoms with Crippen LogP contribution in [0.15, 0.2) is 36.5 Å². The van der Waals surface area contributed by atoms with E-state index in [0.717, 1.165) is 22.0 Å². The van der Waals surface area contributed by atoms with Gasteiger partial charge in [-0.25, -0.2) is 0 Å². The molecule has 0 saturated heterocycles. The van der Waals surface area contributed by atoms with Gasteiger partial charge in [-0.3, -0.25) is 9.89 Å². The third-order valence-corrected chi connectivity index (χ3v) is 4.08. The third kappa shape index (κ3) is 2.20. The molecule has 2 aromatic carbocycles. The molecule has 6 heteroatoms. The summed E-state index contributed by atoms with van der Waals surface area (Å²) in [4.78, 5) is 12.4. The number of rotatable bonds is 3. The fourth-order valence-corrected chi connectivity index (χ4v) is 2.87. The molecular weight excluding hydrogens is 306 g/mol. The van der Waals surface area contributed by atoms with Crippen molar-refractivity contribution in [3.63, 3.8) is 0 Å². The molecule has 0 spiro atoms. The highest BCUT2D eigenvalue weighted by molar-refractivity contribution is 6.35. The van der Waals surface area contributed by atoms with Crippen LogP contribution in [0.3, 0.4) is 0 Å². The standard InChI is InChI=1S/C18H15N3O3/c1-23-16-7-12-13(18(22)20-15(12)8-17(16)24-2)5-10-3-4-11-9-19-21-14(11)6-10/h3-9H,1-2H3,(H,19,21)(H,20,22). The highest BCUT2D eigenvalue weighted by Crippen LogP contribution is 2.41. The molecule has 120 valence electrons. The average Bonchev–Trinajstić information content (AvgIpc) is 3.17. The number of nitrogens with one attached hydrogen (secondary N) is 2. The molecule has 2 heterocycles. The molecule has 0 fully saturated rings. The number of nitrogens with zero attached hydrogens (tertiary/aromatic N) is 1. The number of hydrogen-bond acceptors (Lipinski definition) is 4. The molecule has 24 heavy (non-hydrogen) atoms. The lowest BCUT2D eigenvalue weighted by Gasteiger charge is -2.09. The van der Waals surface area contributed by atoms with E-state index in [0.29, 0.717) is 22.8 Å². The van der Waals surface area contributed by atoms with Gasteiger partial charge in [0.1, 0.15) is 0 Å². The minimum atomic E-state index is -0.148. The van der Waals surface area contributed by atoms with Crippen molar-refractivity contribution in [3.8, 4) is 11.5 Å². The summed E-state index contributed by atoms with van der Waals surface area (Å²) in [6.07, 6.45) is 3.62. The molecule has 0 radical (unpaired) electrons. The Balaban J connectivity index is 1.83. The first-order valence-electron chi connectivity index (χ1n) is 7.42. The lowest BCUT2D eigenvalue weighted by atomic mass is 10.0. The predicted octanol–water partition coefficient (Wildman–Crippen LogP) is 3.07. The summed E-state index contributed by atoms with van der Waals surface area (Å²) < 4.78 is 10.6. The molecule has 1 aromatic heterocycles. The highest BCUT2D eigenvalue weighted by Gasteiger charge is 2.26. The van der Waals surface area contributed by atoms with Gasteiger partial charge in [0, 0.05) is 22.6 Å². The Hall–Kier alpha value is -3.28. The molecule has 4 rings (SSSR count). The second-order valence-electron chi connectivity index (χ2n) is 5.48. The molecular formula is C18H15N3O3. The second kappa shape index (κ2) is 5.42. The van der Waals surface area contributed by atoms with Crippen LogP contribution < -0.4 is 14.8 Å². The number of anilines is 1. The maximum Gasteiger partial charge on any atom is 0.256 e. The maximum absolute atomic E-state index is 12.4. The molecule has 0 saturated carbocycles. The van der Waals surface area contributed by atoms with Crippen LogP contribution in [0.2, 0.25) is 0 Å². The van der Waals surface area contributed by atoms with Crippen LogP contribution in [0, 0.1) is 0 Å². The monoisotopic (exact) mass is 321 g/mol. The smallest absolute Gasteiger partial charge is 0.256 e. The number of benzene rings is 2. The van der Waals surface area contributed by atoms with E-state index in [1.54, 1.807) is 26.5 Å². The number of methoxy groups -OCH3 is 2. The van der Waals surface area contributed by atoms with Crippen molar-refractivity contribution in [2.75, 3.05) is 19.5 Å². The first-order chi connectivity index (χ1) is 11.7. The summed E-state index contributed by atoms with van der Waals surface area (Å²) in [7, 11) is 3.14. The molecule has 3 aromatic rings. The van der Waals surface area contributed by atoms with Crippen molar-refractivity contribution >= 4 is 34.1 Å². The number of ether oxygens (including phenoxy) is 2. The van der Waals surface area contributed by atoms with Gasteiger partial charge in [0.2, 0.25) is 0 Å². The molecule has 1 amide bonds. The Kier molecular flexibility index (Phi) is 3.23. The quantitative estimate of drug-likeness (QED) is 0.727. The highest BCUT2D eigenvalue weighted by atomic mass is 16.5. The summed E-state index contributed by atoms with van der Waals surface area (Å²) in [5, 5.41) is 10.8. The SMILES string of the molecule is COc1cc2c(cc1OC)C(=Cc1ccc3cn[nH]c3c1)C(=O)N2. The summed E-state index contributed by atoms with van der Waals surface area (Å²) in [6.45, 7) is 0. The van der Waals surface area contributed by atoms with Crippen molar-refractivity contribution in [1.82, 2.24) is 10.2 Å². The Morgan fingerprint density at radius 2 is 1.88 bits per heavy atom. The van der Waals surface area contributed by atoms with Crippen molar-refractivity contribution in [1.29, 1.82) is 0 Å². The molecule has 0 bridgehead atoms. The van der Waals surface area contributed by atoms with Gasteiger partial charge < -0.3 is 14.8 Å². The third-order valence-electron chi connectivity index (χ3n) is 4.08. The van der Waals surface area contributed by atoms with Crippen LogP contribution in [0.25, 0.3) is 22.6 Å². The van der Waals surface area contributed by atoms with Gasteiger partial charge in [0.25, 0.3) is 5.91 Å². The van der Waals surface area contributed by atoms with Gasteiger partial charge in [-0.2, -0.15) is 5.10 Å². The Morgan fingerprint density at radius 1 is 1.08 bits per heavy atom. The number of carbonyl (C=O) groups is 1. The molecule has 1 aliphatic heterocycles. The van der Waals surface area contributed by atoms with Gasteiger partial charge in [-0.15, -0.1) is 0 Å². The molecule has 0 aliphatic carbocycles. The van der Waals surface area contributed by atoms with Crippen molar-refractivity contribution in [2.45, 2.75) is 0 Å². The zero-order valence-electron chi connectivity index (χ0n) is 13.2. The Morgan fingerprint density at radius 3 is 2.67 bits per heavy atom. The minimum absolute atomic E-state index is 0.148. The Bertz CT molecular complexity index is 988. The molecule has 0 atom stereocenters. The number of aromatic amines is 1. The lowest BCUT2D eigenvalue weighted by molar-refractivity contribution is -0.110. The van der Waals surface area contributed by atoms with E-state index in [4.69, 9.17) is 9.47 Å². The van der Waals surface area contributed by atoms with Crippen LogP contribution in [0.5, 0.6) is 11.5 Å². The van der Waals surface area contributed by atoms with E-state index in [2.05, 4.69) is 15.5 Å². The average molecular weight is 321 g/mol. The van der Waals surface area contributed by atoms with Crippen LogP contribution in [-0.2, 0) is 4.79 Å². The lowest BCUT2D eigenvalue weighted by Crippen LogP contribution is -2.03. The topological polar surface area (TPSA) is 76.2 Å². The number of hydrogen-bond donors (Lipinski definition) is 2. The van der Waals surface area contributed by atoms with Crippen molar-refractivity contribution in [2.24, 2.45) is 0 Å². The van der Waals surface area contributed by atoms with Gasteiger partial charge in [-0.05, 0) is 23.8 Å². The van der Waals surface area contributed by atoms with Gasteiger partial charge in [0.15, 0.2) is 11.5 Å². The van der Waals surface area contributed by atoms with Crippen LogP contribution in [-0.4, -0.2) is 30.3 Å². The van der Waals surface area contributed by atoms with Crippen LogP contribution in [0.4, 0.5) is 5.69 Å². The molecule has 2 N–H and O–H groups in total. The summed E-state index contributed by atoms with van der Waals surface area (Å²) in [5.41, 5.74) is 3.94. The van der Waals surface area contributed by atoms with E-state index >= 15 is 0 Å². The first kappa shape index (κ1) is 14.3. The maximum atomic E-state index is 12.4. The zero-order valence-corrected chi connectivity index (χ0v) is 13.2. The van der Waals surface area contributed by atoms with E-state index in [-0.39, 0.29) is 5.91 Å². The van der Waals surface area contributed by atoms with Crippen molar-refractivity contribution in [3.05, 3.63) is 47.7 Å². The number of aromatic nitrogens is 2. The normalized spacial score (nSPS) is 14.8. The van der Waals surface area contributed by atoms with Crippen LogP contribution >= 0.6 is 0 Å². The zero-order chi connectivity index (χ0) is 16.7. The van der Waals surface area contributed by atoms with Crippen LogP contribution in [0.1, 0.15) is 11.1 Å². The van der Waals surface area contributed by atoms with Gasteiger partial charge >= 0.3 is 0 Å².